The van der Waals surface area contributed by atoms with Gasteiger partial charge in [0.25, 0.3) is 0 Å². The topological polar surface area (TPSA) is 124 Å². The molecule has 7 heterocycles. The van der Waals surface area contributed by atoms with Crippen molar-refractivity contribution < 1.29 is 9.31 Å². The van der Waals surface area contributed by atoms with Crippen molar-refractivity contribution in [3.05, 3.63) is 384 Å². The van der Waals surface area contributed by atoms with Crippen LogP contribution >= 0.6 is 15.9 Å². The second kappa shape index (κ2) is 29.5. The number of hydrogen-bond donors (Lipinski definition) is 0. The molecule has 6 aromatic heterocycles. The third-order valence-corrected chi connectivity index (χ3v) is 24.7. The Hall–Kier alpha value is -15.2. The molecule has 0 atom stereocenters. The molecular weight excluding hydrogens is 1550 g/mol. The summed E-state index contributed by atoms with van der Waals surface area (Å²) < 4.78 is 27.1. The van der Waals surface area contributed by atoms with Gasteiger partial charge in [0, 0.05) is 112 Å². The Morgan fingerprint density at radius 3 is 0.967 bits per heavy atom. The normalized spacial score (nSPS) is 13.0. The highest BCUT2D eigenvalue weighted by molar-refractivity contribution is 9.10. The molecule has 121 heavy (non-hydrogen) atoms. The lowest BCUT2D eigenvalue weighted by Crippen LogP contribution is -2.41. The summed E-state index contributed by atoms with van der Waals surface area (Å²) >= 11 is 3.58. The maximum Gasteiger partial charge on any atom is 0.494 e. The van der Waals surface area contributed by atoms with Crippen molar-refractivity contribution in [3.63, 3.8) is 0 Å². The summed E-state index contributed by atoms with van der Waals surface area (Å²) in [6.07, 6.45) is 0. The number of para-hydroxylation sites is 8. The van der Waals surface area contributed by atoms with Gasteiger partial charge in [-0.25, -0.2) is 4.85 Å². The zero-order chi connectivity index (χ0) is 81.2. The van der Waals surface area contributed by atoms with Gasteiger partial charge in [0.15, 0.2) is 5.69 Å². The van der Waals surface area contributed by atoms with Gasteiger partial charge in [-0.2, -0.15) is 15.8 Å². The third-order valence-electron chi connectivity index (χ3n) is 24.2. The summed E-state index contributed by atoms with van der Waals surface area (Å²) in [6.45, 7) is 15.9. The van der Waals surface area contributed by atoms with E-state index in [1.54, 1.807) is 0 Å². The predicted molar refractivity (Wildman–Crippen MR) is 500 cm³/mol. The van der Waals surface area contributed by atoms with Crippen LogP contribution in [-0.2, 0) is 9.31 Å². The molecule has 1 aliphatic heterocycles. The van der Waals surface area contributed by atoms with Crippen molar-refractivity contribution in [3.8, 4) is 63.5 Å². The fourth-order valence-electron chi connectivity index (χ4n) is 18.1. The first-order valence-corrected chi connectivity index (χ1v) is 40.7. The van der Waals surface area contributed by atoms with Crippen molar-refractivity contribution in [1.82, 2.24) is 27.4 Å². The molecule has 1 saturated heterocycles. The average Bonchev–Trinajstić information content (AvgIpc) is 1.54. The fraction of sp³-hybridized carbons (Fsp3) is 0.0566. The number of fused-ring (bicyclic) bond motifs is 18. The molecule has 1 aliphatic rings. The van der Waals surface area contributed by atoms with Crippen LogP contribution in [0.1, 0.15) is 44.4 Å². The Kier molecular flexibility index (Phi) is 18.2. The standard InChI is InChI=1S/C50H29N5.C32H17BrN4.C24H24BNO2.B/c51-30-32-20-22-49-43(26-32)41-14-3-7-18-47(41)54(49)37-21-23-50-44(29-37)42-15-4-8-19-48(42)55(50)38-25-33(31-52)24-35(28-38)34-10-9-11-36(27-34)53-45-16-5-1-12-39(45)40-13-2-6-17-46(40)53;1-35-22-15-21(33)16-24(17-22)37-30-9-5-3-7-26(30)28-18-23(11-13-32(28)37)36-29-8-4-2-6-25(29)27-14-20(19-34)10-12-31(27)36;1-23(2)24(3,4)28-25(27-23)17-10-9-11-18(16-17)26-21-14-7-5-12-19(21)20-13-6-8-15-22(20)26;/h1-29H;2-18H;5-16H,1-4H3;. The molecule has 0 bridgehead atoms. The van der Waals surface area contributed by atoms with Gasteiger partial charge >= 0.3 is 7.12 Å². The lowest BCUT2D eigenvalue weighted by Gasteiger charge is -2.32. The van der Waals surface area contributed by atoms with Crippen molar-refractivity contribution in [2.24, 2.45) is 0 Å². The van der Waals surface area contributed by atoms with Gasteiger partial charge in [0.2, 0.25) is 0 Å². The van der Waals surface area contributed by atoms with Gasteiger partial charge in [-0.1, -0.05) is 186 Å². The third kappa shape index (κ3) is 12.3. The second-order valence-electron chi connectivity index (χ2n) is 31.6. The summed E-state index contributed by atoms with van der Waals surface area (Å²) in [5.74, 6) is 0. The molecule has 0 unspecified atom stereocenters. The number of benzene rings is 16. The molecule has 23 rings (SSSR count). The molecule has 0 amide bonds. The monoisotopic (exact) mass is 1620 g/mol. The number of nitriles is 3. The van der Waals surface area contributed by atoms with E-state index in [2.05, 4.69) is 361 Å². The average molecular weight is 1620 g/mol. The molecular formula is C106H70B2BrN10O2. The van der Waals surface area contributed by atoms with Crippen LogP contribution in [0.25, 0.3) is 181 Å². The maximum absolute atomic E-state index is 10.4. The van der Waals surface area contributed by atoms with Gasteiger partial charge < -0.3 is 36.7 Å². The number of hydrogen-bond acceptors (Lipinski definition) is 5. The Bertz CT molecular complexity index is 8130. The van der Waals surface area contributed by atoms with Crippen LogP contribution in [0, 0.1) is 40.6 Å². The van der Waals surface area contributed by atoms with E-state index in [9.17, 15) is 15.8 Å². The molecule has 22 aromatic rings. The first-order valence-electron chi connectivity index (χ1n) is 39.9. The van der Waals surface area contributed by atoms with Crippen LogP contribution in [0.2, 0.25) is 0 Å². The van der Waals surface area contributed by atoms with Crippen LogP contribution in [0.3, 0.4) is 0 Å². The first kappa shape index (κ1) is 74.6. The SMILES string of the molecule is CC1(C)OB(c2cccc(-n3c4ccccc4c4ccccc43)c2)OC1(C)C.N#Cc1cc(-c2cccc(-n3c4ccccc4c4ccccc43)c2)cc(-n2c3ccccc3c3cc(-n4c5ccccc5c5cc(C#N)ccc54)ccc32)c1.[B].[C-]#[N+]c1cc(Br)cc(-n2c3ccccc3c3cc(-n4c5ccccc5c5cc(C#N)ccc54)ccc32)c1. The van der Waals surface area contributed by atoms with Gasteiger partial charge in [0.05, 0.1) is 119 Å². The van der Waals surface area contributed by atoms with Gasteiger partial charge in [-0.15, -0.1) is 0 Å². The molecule has 16 aromatic carbocycles. The molecule has 15 heteroatoms. The minimum atomic E-state index is -0.363. The Balaban J connectivity index is 0.000000123. The highest BCUT2D eigenvalue weighted by Gasteiger charge is 2.52. The molecule has 3 radical (unpaired) electrons. The molecule has 0 saturated carbocycles. The molecule has 0 N–H and O–H groups in total. The highest BCUT2D eigenvalue weighted by Crippen LogP contribution is 2.44. The second-order valence-corrected chi connectivity index (χ2v) is 32.5. The fourth-order valence-corrected chi connectivity index (χ4v) is 18.6. The van der Waals surface area contributed by atoms with E-state index in [0.29, 0.717) is 22.4 Å². The van der Waals surface area contributed by atoms with Crippen LogP contribution in [0.15, 0.2) is 356 Å². The molecule has 569 valence electrons. The van der Waals surface area contributed by atoms with Crippen LogP contribution in [0.5, 0.6) is 0 Å². The smallest absolute Gasteiger partial charge is 0.399 e. The first-order chi connectivity index (χ1) is 58.7. The number of halogens is 1. The molecule has 12 nitrogen and oxygen atoms in total. The van der Waals surface area contributed by atoms with Gasteiger partial charge in [0.1, 0.15) is 0 Å². The van der Waals surface area contributed by atoms with Crippen molar-refractivity contribution in [2.45, 2.75) is 38.9 Å². The Labute approximate surface area is 707 Å². The van der Waals surface area contributed by atoms with Crippen molar-refractivity contribution >= 4 is 173 Å². The maximum atomic E-state index is 10.4. The Morgan fingerprint density at radius 1 is 0.281 bits per heavy atom. The molecule has 1 fully saturated rings. The van der Waals surface area contributed by atoms with Crippen LogP contribution in [0.4, 0.5) is 5.69 Å². The summed E-state index contributed by atoms with van der Waals surface area (Å²) in [4.78, 5) is 3.66. The minimum Gasteiger partial charge on any atom is -0.399 e. The van der Waals surface area contributed by atoms with E-state index in [1.165, 1.54) is 32.6 Å². The summed E-state index contributed by atoms with van der Waals surface area (Å²) in [7, 11) is -0.363. The zero-order valence-electron chi connectivity index (χ0n) is 66.3. The summed E-state index contributed by atoms with van der Waals surface area (Å²) in [6, 6.07) is 129. The van der Waals surface area contributed by atoms with E-state index in [1.807, 2.05) is 84.9 Å². The van der Waals surface area contributed by atoms with Crippen LogP contribution < -0.4 is 5.46 Å². The summed E-state index contributed by atoms with van der Waals surface area (Å²) in [5.41, 5.74) is 24.3. The van der Waals surface area contributed by atoms with E-state index in [0.717, 1.165) is 153 Å². The number of nitrogens with zero attached hydrogens (tertiary/aromatic N) is 10. The largest absolute Gasteiger partial charge is 0.494 e. The molecule has 0 spiro atoms. The van der Waals surface area contributed by atoms with E-state index >= 15 is 0 Å². The van der Waals surface area contributed by atoms with E-state index < -0.39 is 0 Å². The molecule has 0 aliphatic carbocycles. The van der Waals surface area contributed by atoms with Gasteiger partial charge in [-0.3, -0.25) is 0 Å². The lowest BCUT2D eigenvalue weighted by molar-refractivity contribution is 0.00578. The summed E-state index contributed by atoms with van der Waals surface area (Å²) in [5, 5.41) is 43.4. The van der Waals surface area contributed by atoms with E-state index in [4.69, 9.17) is 15.9 Å². The Morgan fingerprint density at radius 2 is 0.587 bits per heavy atom. The van der Waals surface area contributed by atoms with Crippen molar-refractivity contribution in [1.29, 1.82) is 15.8 Å². The quantitative estimate of drug-likeness (QED) is 0.111. The van der Waals surface area contributed by atoms with Gasteiger partial charge in [-0.05, 0) is 226 Å². The lowest BCUT2D eigenvalue weighted by atomic mass is 9.79. The van der Waals surface area contributed by atoms with Crippen molar-refractivity contribution in [2.75, 3.05) is 0 Å². The van der Waals surface area contributed by atoms with Crippen LogP contribution in [-0.4, -0.2) is 54.1 Å². The minimum absolute atomic E-state index is 0. The predicted octanol–water partition coefficient (Wildman–Crippen LogP) is 26.2. The zero-order valence-corrected chi connectivity index (χ0v) is 67.9. The number of rotatable bonds is 8. The highest BCUT2D eigenvalue weighted by atomic mass is 79.9. The number of aromatic nitrogens is 6. The van der Waals surface area contributed by atoms with E-state index in [-0.39, 0.29) is 26.7 Å².